The van der Waals surface area contributed by atoms with Crippen LogP contribution in [0.5, 0.6) is 0 Å². The Labute approximate surface area is 149 Å². The van der Waals surface area contributed by atoms with Gasteiger partial charge in [-0.2, -0.15) is 4.99 Å². The van der Waals surface area contributed by atoms with Gasteiger partial charge in [0.2, 0.25) is 5.91 Å². The van der Waals surface area contributed by atoms with E-state index in [9.17, 15) is 9.59 Å². The van der Waals surface area contributed by atoms with E-state index in [1.165, 1.54) is 22.2 Å². The number of nitrogens with one attached hydrogen (secondary N) is 1. The molecule has 0 aromatic heterocycles. The fourth-order valence-electron chi connectivity index (χ4n) is 2.97. The first-order chi connectivity index (χ1) is 11.7. The lowest BCUT2D eigenvalue weighted by atomic mass is 9.98. The third kappa shape index (κ3) is 4.10. The van der Waals surface area contributed by atoms with E-state index in [-0.39, 0.29) is 24.3 Å². The smallest absolute Gasteiger partial charge is 0.262 e. The van der Waals surface area contributed by atoms with Crippen molar-refractivity contribution in [1.82, 2.24) is 5.32 Å². The van der Waals surface area contributed by atoms with Crippen LogP contribution in [0.25, 0.3) is 0 Å². The standard InChI is InChI=1S/C16H21N3O3S2/c20-8-3-7-17-12(21)6-2-9-23-16-18-14(22)13-10-4-1-5-11(10)24-15(13)19-16/h13,20H,1-9H2,(H,17,21). The Hall–Kier alpha value is -1.12. The van der Waals surface area contributed by atoms with E-state index in [2.05, 4.69) is 15.3 Å². The molecule has 0 fully saturated rings. The summed E-state index contributed by atoms with van der Waals surface area (Å²) in [6.45, 7) is 0.592. The average Bonchev–Trinajstić information content (AvgIpc) is 3.12. The first-order valence-electron chi connectivity index (χ1n) is 8.30. The number of nitrogens with zero attached hydrogens (tertiary/aromatic N) is 2. The minimum Gasteiger partial charge on any atom is -0.396 e. The van der Waals surface area contributed by atoms with Crippen LogP contribution in [0.4, 0.5) is 0 Å². The molecule has 8 heteroatoms. The minimum atomic E-state index is -0.200. The number of allylic oxidation sites excluding steroid dienone is 1. The van der Waals surface area contributed by atoms with Gasteiger partial charge in [0.15, 0.2) is 5.17 Å². The molecule has 3 rings (SSSR count). The Bertz CT molecular complexity index is 628. The zero-order valence-corrected chi connectivity index (χ0v) is 15.0. The monoisotopic (exact) mass is 367 g/mol. The van der Waals surface area contributed by atoms with Gasteiger partial charge < -0.3 is 10.4 Å². The summed E-state index contributed by atoms with van der Waals surface area (Å²) in [6.07, 6.45) is 4.93. The number of aliphatic hydroxyl groups excluding tert-OH is 1. The van der Waals surface area contributed by atoms with Crippen LogP contribution < -0.4 is 5.32 Å². The van der Waals surface area contributed by atoms with Crippen LogP contribution >= 0.6 is 23.5 Å². The quantitative estimate of drug-likeness (QED) is 0.673. The van der Waals surface area contributed by atoms with E-state index in [0.29, 0.717) is 36.7 Å². The number of carbonyl (C=O) groups is 2. The van der Waals surface area contributed by atoms with Gasteiger partial charge in [0.25, 0.3) is 5.91 Å². The molecule has 0 saturated carbocycles. The van der Waals surface area contributed by atoms with Crippen molar-refractivity contribution in [2.24, 2.45) is 15.9 Å². The first kappa shape index (κ1) is 17.7. The maximum Gasteiger partial charge on any atom is 0.262 e. The Morgan fingerprint density at radius 2 is 2.21 bits per heavy atom. The molecule has 1 aliphatic carbocycles. The van der Waals surface area contributed by atoms with Crippen LogP contribution in [0.3, 0.4) is 0 Å². The van der Waals surface area contributed by atoms with Gasteiger partial charge >= 0.3 is 0 Å². The summed E-state index contributed by atoms with van der Waals surface area (Å²) < 4.78 is 0. The predicted molar refractivity (Wildman–Crippen MR) is 98.2 cm³/mol. The Balaban J connectivity index is 1.42. The third-order valence-electron chi connectivity index (χ3n) is 4.13. The van der Waals surface area contributed by atoms with Crippen LogP contribution in [0.15, 0.2) is 20.5 Å². The van der Waals surface area contributed by atoms with Crippen molar-refractivity contribution in [3.63, 3.8) is 0 Å². The molecule has 2 heterocycles. The number of carbonyl (C=O) groups excluding carboxylic acids is 2. The second-order valence-electron chi connectivity index (χ2n) is 5.90. The van der Waals surface area contributed by atoms with E-state index in [1.807, 2.05) is 0 Å². The van der Waals surface area contributed by atoms with Gasteiger partial charge in [-0.3, -0.25) is 9.59 Å². The highest BCUT2D eigenvalue weighted by Crippen LogP contribution is 2.49. The van der Waals surface area contributed by atoms with Crippen LogP contribution in [0.1, 0.15) is 38.5 Å². The summed E-state index contributed by atoms with van der Waals surface area (Å²) in [5.74, 6) is 0.417. The first-order valence-corrected chi connectivity index (χ1v) is 10.1. The number of fused-ring (bicyclic) bond motifs is 2. The SMILES string of the molecule is O=C(CCCSC1=NC(=O)C2C(=N1)SC1=C2CCC1)NCCCO. The van der Waals surface area contributed by atoms with E-state index in [4.69, 9.17) is 5.11 Å². The molecule has 0 saturated heterocycles. The highest BCUT2D eigenvalue weighted by Gasteiger charge is 2.41. The van der Waals surface area contributed by atoms with Crippen LogP contribution in [-0.4, -0.2) is 46.0 Å². The highest BCUT2D eigenvalue weighted by atomic mass is 32.2. The fraction of sp³-hybridized carbons (Fsp3) is 0.625. The number of thioether (sulfide) groups is 2. The molecular weight excluding hydrogens is 346 g/mol. The summed E-state index contributed by atoms with van der Waals surface area (Å²) in [4.78, 5) is 33.9. The zero-order valence-electron chi connectivity index (χ0n) is 13.4. The van der Waals surface area contributed by atoms with Crippen LogP contribution in [0.2, 0.25) is 0 Å². The van der Waals surface area contributed by atoms with Crippen molar-refractivity contribution in [2.75, 3.05) is 18.9 Å². The molecule has 3 aliphatic rings. The van der Waals surface area contributed by atoms with Gasteiger partial charge in [0.1, 0.15) is 5.92 Å². The van der Waals surface area contributed by atoms with Crippen LogP contribution in [-0.2, 0) is 9.59 Å². The van der Waals surface area contributed by atoms with Gasteiger partial charge in [-0.05, 0) is 42.6 Å². The molecule has 1 atom stereocenters. The van der Waals surface area contributed by atoms with Crippen molar-refractivity contribution in [2.45, 2.75) is 38.5 Å². The molecule has 0 bridgehead atoms. The van der Waals surface area contributed by atoms with Gasteiger partial charge in [-0.25, -0.2) is 4.99 Å². The molecule has 6 nitrogen and oxygen atoms in total. The second kappa shape index (κ2) is 8.31. The number of aliphatic hydroxyl groups is 1. The largest absolute Gasteiger partial charge is 0.396 e. The van der Waals surface area contributed by atoms with Gasteiger partial charge in [0, 0.05) is 25.3 Å². The van der Waals surface area contributed by atoms with Crippen molar-refractivity contribution in [3.8, 4) is 0 Å². The number of rotatable bonds is 7. The Kier molecular flexibility index (Phi) is 6.13. The normalized spacial score (nSPS) is 22.2. The van der Waals surface area contributed by atoms with Crippen molar-refractivity contribution < 1.29 is 14.7 Å². The number of aliphatic imine (C=N–C) groups is 2. The van der Waals surface area contributed by atoms with Gasteiger partial charge in [0.05, 0.1) is 5.04 Å². The summed E-state index contributed by atoms with van der Waals surface area (Å²) >= 11 is 3.10. The molecule has 0 aromatic carbocycles. The van der Waals surface area contributed by atoms with E-state index < -0.39 is 0 Å². The zero-order chi connectivity index (χ0) is 16.9. The Morgan fingerprint density at radius 3 is 3.04 bits per heavy atom. The lowest BCUT2D eigenvalue weighted by molar-refractivity contribution is -0.121. The van der Waals surface area contributed by atoms with E-state index >= 15 is 0 Å². The van der Waals surface area contributed by atoms with Gasteiger partial charge in [-0.1, -0.05) is 23.5 Å². The maximum absolute atomic E-state index is 12.3. The molecule has 1 unspecified atom stereocenters. The molecule has 130 valence electrons. The van der Waals surface area contributed by atoms with Crippen molar-refractivity contribution in [1.29, 1.82) is 0 Å². The second-order valence-corrected chi connectivity index (χ2v) is 8.08. The number of hydrogen-bond acceptors (Lipinski definition) is 6. The van der Waals surface area contributed by atoms with Crippen LogP contribution in [0, 0.1) is 5.92 Å². The molecule has 2 amide bonds. The predicted octanol–water partition coefficient (Wildman–Crippen LogP) is 2.09. The molecular formula is C16H21N3O3S2. The van der Waals surface area contributed by atoms with E-state index in [1.54, 1.807) is 11.8 Å². The summed E-state index contributed by atoms with van der Waals surface area (Å²) in [7, 11) is 0. The Morgan fingerprint density at radius 1 is 1.33 bits per heavy atom. The molecule has 24 heavy (non-hydrogen) atoms. The number of amidine groups is 1. The summed E-state index contributed by atoms with van der Waals surface area (Å²) in [5, 5.41) is 12.8. The highest BCUT2D eigenvalue weighted by molar-refractivity contribution is 8.18. The molecule has 0 aromatic rings. The number of hydrogen-bond donors (Lipinski definition) is 2. The lowest BCUT2D eigenvalue weighted by Gasteiger charge is -2.15. The fourth-order valence-corrected chi connectivity index (χ4v) is 5.16. The molecule has 2 aliphatic heterocycles. The molecule has 2 N–H and O–H groups in total. The topological polar surface area (TPSA) is 91.1 Å². The van der Waals surface area contributed by atoms with Gasteiger partial charge in [-0.15, -0.1) is 0 Å². The van der Waals surface area contributed by atoms with Crippen molar-refractivity contribution in [3.05, 3.63) is 10.5 Å². The molecule has 0 spiro atoms. The minimum absolute atomic E-state index is 0.0101. The maximum atomic E-state index is 12.3. The third-order valence-corrected chi connectivity index (χ3v) is 6.31. The van der Waals surface area contributed by atoms with E-state index in [0.717, 1.165) is 24.3 Å². The lowest BCUT2D eigenvalue weighted by Crippen LogP contribution is -2.25. The summed E-state index contributed by atoms with van der Waals surface area (Å²) in [6, 6.07) is 0. The molecule has 0 radical (unpaired) electrons. The number of amides is 2. The van der Waals surface area contributed by atoms with Crippen molar-refractivity contribution >= 4 is 45.5 Å². The summed E-state index contributed by atoms with van der Waals surface area (Å²) in [5.41, 5.74) is 1.25. The average molecular weight is 367 g/mol.